The lowest BCUT2D eigenvalue weighted by atomic mass is 9.81. The third-order valence-corrected chi connectivity index (χ3v) is 4.76. The van der Waals surface area contributed by atoms with Gasteiger partial charge in [0.1, 0.15) is 0 Å². The number of cyclic esters (lactones) is 1. The molecular formula is C19H16BrNO2. The summed E-state index contributed by atoms with van der Waals surface area (Å²) in [4.78, 5) is 17.2. The third kappa shape index (κ3) is 2.75. The van der Waals surface area contributed by atoms with Gasteiger partial charge in [-0.1, -0.05) is 58.4 Å². The predicted molar refractivity (Wildman–Crippen MR) is 94.6 cm³/mol. The summed E-state index contributed by atoms with van der Waals surface area (Å²) in [6.45, 7) is 5.69. The van der Waals surface area contributed by atoms with Crippen molar-refractivity contribution in [3.63, 3.8) is 0 Å². The molecule has 0 fully saturated rings. The van der Waals surface area contributed by atoms with Crippen molar-refractivity contribution < 1.29 is 9.53 Å². The fraction of sp³-hybridized carbons (Fsp3) is 0.158. The van der Waals surface area contributed by atoms with E-state index >= 15 is 0 Å². The zero-order chi connectivity index (χ0) is 16.4. The maximum Gasteiger partial charge on any atom is 0.341 e. The Kier molecular flexibility index (Phi) is 4.18. The van der Waals surface area contributed by atoms with Gasteiger partial charge in [-0.3, -0.25) is 0 Å². The summed E-state index contributed by atoms with van der Waals surface area (Å²) in [5.74, 6) is -0.291. The summed E-state index contributed by atoms with van der Waals surface area (Å²) >= 11 is 3.54. The maximum absolute atomic E-state index is 12.6. The van der Waals surface area contributed by atoms with Gasteiger partial charge in [-0.25, -0.2) is 9.79 Å². The topological polar surface area (TPSA) is 38.7 Å². The minimum Gasteiger partial charge on any atom is -0.405 e. The Morgan fingerprint density at radius 1 is 1.17 bits per heavy atom. The van der Waals surface area contributed by atoms with E-state index in [0.29, 0.717) is 5.90 Å². The van der Waals surface area contributed by atoms with Gasteiger partial charge in [0.05, 0.1) is 0 Å². The van der Waals surface area contributed by atoms with Gasteiger partial charge < -0.3 is 4.74 Å². The molecule has 3 rings (SSSR count). The summed E-state index contributed by atoms with van der Waals surface area (Å²) in [5, 5.41) is 0. The second-order valence-corrected chi connectivity index (χ2v) is 6.41. The Bertz CT molecular complexity index is 785. The number of ether oxygens (including phenoxy) is 1. The minimum absolute atomic E-state index is 0.285. The van der Waals surface area contributed by atoms with Crippen LogP contribution in [0.15, 0.2) is 76.7 Å². The first-order valence-electron chi connectivity index (χ1n) is 7.31. The lowest BCUT2D eigenvalue weighted by molar-refractivity contribution is -0.138. The van der Waals surface area contributed by atoms with Gasteiger partial charge in [0.25, 0.3) is 0 Å². The molecule has 0 saturated carbocycles. The first kappa shape index (κ1) is 15.7. The molecule has 3 nitrogen and oxygen atoms in total. The van der Waals surface area contributed by atoms with Crippen LogP contribution in [0, 0.1) is 0 Å². The van der Waals surface area contributed by atoms with Gasteiger partial charge in [0.2, 0.25) is 5.90 Å². The van der Waals surface area contributed by atoms with Gasteiger partial charge in [-0.05, 0) is 30.7 Å². The summed E-state index contributed by atoms with van der Waals surface area (Å²) in [7, 11) is 0. The molecular weight excluding hydrogens is 354 g/mol. The highest BCUT2D eigenvalue weighted by atomic mass is 79.9. The number of hydrogen-bond donors (Lipinski definition) is 0. The Balaban J connectivity index is 2.06. The third-order valence-electron chi connectivity index (χ3n) is 4.04. The zero-order valence-corrected chi connectivity index (χ0v) is 14.3. The number of nitrogens with zero attached hydrogens (tertiary/aromatic N) is 1. The van der Waals surface area contributed by atoms with Crippen LogP contribution in [0.3, 0.4) is 0 Å². The average Bonchev–Trinajstić information content (AvgIpc) is 2.87. The fourth-order valence-corrected chi connectivity index (χ4v) is 3.29. The Morgan fingerprint density at radius 2 is 1.83 bits per heavy atom. The summed E-state index contributed by atoms with van der Waals surface area (Å²) in [6.07, 6.45) is 1.75. The molecule has 0 radical (unpaired) electrons. The van der Waals surface area contributed by atoms with E-state index in [2.05, 4.69) is 27.5 Å². The van der Waals surface area contributed by atoms with Crippen LogP contribution in [0.1, 0.15) is 24.0 Å². The maximum atomic E-state index is 12.6. The standard InChI is InChI=1S/C19H16BrNO2/c1-3-15(14-11-7-8-12-16(14)20)19(2)18(22)23-17(21-19)13-9-5-4-6-10-13/h3-12,15H,1H2,2H3/t15-,19+/m0/s1. The van der Waals surface area contributed by atoms with Gasteiger partial charge >= 0.3 is 5.97 Å². The number of carbonyl (C=O) groups excluding carboxylic acids is 1. The summed E-state index contributed by atoms with van der Waals surface area (Å²) < 4.78 is 6.37. The Morgan fingerprint density at radius 3 is 2.48 bits per heavy atom. The number of esters is 1. The van der Waals surface area contributed by atoms with Crippen LogP contribution in [-0.2, 0) is 9.53 Å². The Labute approximate surface area is 143 Å². The van der Waals surface area contributed by atoms with E-state index in [1.165, 1.54) is 0 Å². The van der Waals surface area contributed by atoms with Crippen LogP contribution < -0.4 is 0 Å². The molecule has 0 saturated heterocycles. The Hall–Kier alpha value is -2.20. The number of carbonyl (C=O) groups is 1. The molecule has 2 aromatic carbocycles. The van der Waals surface area contributed by atoms with Crippen LogP contribution >= 0.6 is 15.9 Å². The highest BCUT2D eigenvalue weighted by Gasteiger charge is 2.48. The molecule has 1 aliphatic heterocycles. The molecule has 4 heteroatoms. The van der Waals surface area contributed by atoms with Gasteiger partial charge in [0, 0.05) is 16.0 Å². The first-order chi connectivity index (χ1) is 11.1. The van der Waals surface area contributed by atoms with Crippen LogP contribution in [0.25, 0.3) is 0 Å². The van der Waals surface area contributed by atoms with E-state index in [1.54, 1.807) is 13.0 Å². The number of aliphatic imine (C=N–C) groups is 1. The van der Waals surface area contributed by atoms with Crippen molar-refractivity contribution in [3.8, 4) is 0 Å². The van der Waals surface area contributed by atoms with Crippen LogP contribution in [0.4, 0.5) is 0 Å². The molecule has 0 aliphatic carbocycles. The number of rotatable bonds is 4. The van der Waals surface area contributed by atoms with E-state index in [4.69, 9.17) is 4.74 Å². The summed E-state index contributed by atoms with van der Waals surface area (Å²) in [6, 6.07) is 17.2. The molecule has 0 spiro atoms. The molecule has 0 aromatic heterocycles. The molecule has 0 bridgehead atoms. The van der Waals surface area contributed by atoms with Crippen molar-refractivity contribution in [2.24, 2.45) is 4.99 Å². The normalized spacial score (nSPS) is 21.5. The molecule has 1 heterocycles. The van der Waals surface area contributed by atoms with Crippen LogP contribution in [0.5, 0.6) is 0 Å². The average molecular weight is 370 g/mol. The molecule has 0 amide bonds. The van der Waals surface area contributed by atoms with E-state index in [1.807, 2.05) is 54.6 Å². The summed E-state index contributed by atoms with van der Waals surface area (Å²) in [5.41, 5.74) is 0.719. The van der Waals surface area contributed by atoms with Crippen molar-refractivity contribution in [1.29, 1.82) is 0 Å². The second-order valence-electron chi connectivity index (χ2n) is 5.55. The van der Waals surface area contributed by atoms with E-state index < -0.39 is 5.54 Å². The van der Waals surface area contributed by atoms with Gasteiger partial charge in [-0.2, -0.15) is 0 Å². The molecule has 23 heavy (non-hydrogen) atoms. The minimum atomic E-state index is -1.03. The molecule has 116 valence electrons. The van der Waals surface area contributed by atoms with E-state index in [0.717, 1.165) is 15.6 Å². The highest BCUT2D eigenvalue weighted by Crippen LogP contribution is 2.40. The van der Waals surface area contributed by atoms with Crippen molar-refractivity contribution in [2.75, 3.05) is 0 Å². The van der Waals surface area contributed by atoms with Crippen molar-refractivity contribution in [2.45, 2.75) is 18.4 Å². The highest BCUT2D eigenvalue weighted by molar-refractivity contribution is 9.10. The lowest BCUT2D eigenvalue weighted by Crippen LogP contribution is -2.36. The number of halogens is 1. The number of benzene rings is 2. The number of hydrogen-bond acceptors (Lipinski definition) is 3. The monoisotopic (exact) mass is 369 g/mol. The van der Waals surface area contributed by atoms with E-state index in [9.17, 15) is 4.79 Å². The van der Waals surface area contributed by atoms with Gasteiger partial charge in [0.15, 0.2) is 5.54 Å². The second kappa shape index (κ2) is 6.13. The smallest absolute Gasteiger partial charge is 0.341 e. The first-order valence-corrected chi connectivity index (χ1v) is 8.10. The van der Waals surface area contributed by atoms with Crippen LogP contribution in [-0.4, -0.2) is 17.4 Å². The molecule has 2 aromatic rings. The van der Waals surface area contributed by atoms with Crippen molar-refractivity contribution in [1.82, 2.24) is 0 Å². The fourth-order valence-electron chi connectivity index (χ4n) is 2.76. The van der Waals surface area contributed by atoms with Gasteiger partial charge in [-0.15, -0.1) is 6.58 Å². The quantitative estimate of drug-likeness (QED) is 0.588. The molecule has 0 N–H and O–H groups in total. The van der Waals surface area contributed by atoms with Crippen LogP contribution in [0.2, 0.25) is 0 Å². The van der Waals surface area contributed by atoms with Crippen molar-refractivity contribution >= 4 is 27.8 Å². The largest absolute Gasteiger partial charge is 0.405 e. The SMILES string of the molecule is C=C[C@@H](c1ccccc1Br)[C@@]1(C)N=C(c2ccccc2)OC1=O. The molecule has 1 aliphatic rings. The predicted octanol–water partition coefficient (Wildman–Crippen LogP) is 4.48. The van der Waals surface area contributed by atoms with E-state index in [-0.39, 0.29) is 11.9 Å². The molecule has 2 atom stereocenters. The van der Waals surface area contributed by atoms with Crippen molar-refractivity contribution in [3.05, 3.63) is 82.9 Å². The zero-order valence-electron chi connectivity index (χ0n) is 12.7. The molecule has 0 unspecified atom stereocenters. The lowest BCUT2D eigenvalue weighted by Gasteiger charge is -2.26.